The molecule has 4 aromatic rings. The monoisotopic (exact) mass is 569 g/mol. The third-order valence-electron chi connectivity index (χ3n) is 5.83. The van der Waals surface area contributed by atoms with Gasteiger partial charge in [0, 0.05) is 26.9 Å². The Hall–Kier alpha value is -4.33. The van der Waals surface area contributed by atoms with E-state index in [0.29, 0.717) is 21.8 Å². The highest BCUT2D eigenvalue weighted by Gasteiger charge is 2.18. The average molecular weight is 570 g/mol. The summed E-state index contributed by atoms with van der Waals surface area (Å²) in [7, 11) is 0. The molecule has 0 spiro atoms. The van der Waals surface area contributed by atoms with Crippen LogP contribution in [0, 0.1) is 6.92 Å². The highest BCUT2D eigenvalue weighted by Crippen LogP contribution is 2.27. The van der Waals surface area contributed by atoms with Gasteiger partial charge in [0.05, 0.1) is 5.25 Å². The van der Waals surface area contributed by atoms with E-state index in [1.54, 1.807) is 66.7 Å². The largest absolute Gasteiger partial charge is 0.325 e. The highest BCUT2D eigenvalue weighted by molar-refractivity contribution is 8.00. The summed E-state index contributed by atoms with van der Waals surface area (Å²) in [5.41, 5.74) is 3.39. The molecule has 3 N–H and O–H groups in total. The predicted molar refractivity (Wildman–Crippen MR) is 164 cm³/mol. The van der Waals surface area contributed by atoms with Gasteiger partial charge in [-0.3, -0.25) is 14.4 Å². The molecular formula is C32H28ClN3O3S. The Morgan fingerprint density at radius 1 is 0.800 bits per heavy atom. The summed E-state index contributed by atoms with van der Waals surface area (Å²) < 4.78 is 0. The van der Waals surface area contributed by atoms with Crippen molar-refractivity contribution < 1.29 is 14.4 Å². The molecule has 0 radical (unpaired) electrons. The van der Waals surface area contributed by atoms with Crippen molar-refractivity contribution in [1.29, 1.82) is 0 Å². The highest BCUT2D eigenvalue weighted by atomic mass is 35.5. The van der Waals surface area contributed by atoms with Crippen molar-refractivity contribution in [1.82, 2.24) is 5.32 Å². The van der Waals surface area contributed by atoms with Gasteiger partial charge in [-0.15, -0.1) is 11.8 Å². The van der Waals surface area contributed by atoms with Gasteiger partial charge in [-0.25, -0.2) is 0 Å². The molecule has 0 saturated heterocycles. The predicted octanol–water partition coefficient (Wildman–Crippen LogP) is 7.18. The first-order chi connectivity index (χ1) is 19.3. The summed E-state index contributed by atoms with van der Waals surface area (Å²) in [6, 6.07) is 30.5. The van der Waals surface area contributed by atoms with Gasteiger partial charge in [0.1, 0.15) is 5.70 Å². The van der Waals surface area contributed by atoms with Gasteiger partial charge in [0.15, 0.2) is 0 Å². The summed E-state index contributed by atoms with van der Waals surface area (Å²) >= 11 is 7.69. The molecule has 8 heteroatoms. The van der Waals surface area contributed by atoms with E-state index in [2.05, 4.69) is 16.0 Å². The van der Waals surface area contributed by atoms with Crippen LogP contribution in [0.3, 0.4) is 0 Å². The molecular weight excluding hydrogens is 542 g/mol. The van der Waals surface area contributed by atoms with Crippen molar-refractivity contribution in [2.45, 2.75) is 24.0 Å². The van der Waals surface area contributed by atoms with E-state index in [1.165, 1.54) is 17.8 Å². The molecule has 1 unspecified atom stereocenters. The third-order valence-corrected chi connectivity index (χ3v) is 7.26. The van der Waals surface area contributed by atoms with Gasteiger partial charge in [-0.2, -0.15) is 0 Å². The van der Waals surface area contributed by atoms with E-state index in [4.69, 9.17) is 11.6 Å². The van der Waals surface area contributed by atoms with Crippen LogP contribution >= 0.6 is 23.4 Å². The number of thioether (sulfide) groups is 1. The molecule has 0 heterocycles. The first-order valence-electron chi connectivity index (χ1n) is 12.6. The number of anilines is 2. The molecule has 202 valence electrons. The van der Waals surface area contributed by atoms with Gasteiger partial charge < -0.3 is 16.0 Å². The Balaban J connectivity index is 1.48. The molecule has 4 aromatic carbocycles. The minimum atomic E-state index is -0.517. The van der Waals surface area contributed by atoms with Crippen molar-refractivity contribution in [2.24, 2.45) is 0 Å². The van der Waals surface area contributed by atoms with E-state index in [-0.39, 0.29) is 16.9 Å². The van der Waals surface area contributed by atoms with Gasteiger partial charge in [0.2, 0.25) is 5.91 Å². The van der Waals surface area contributed by atoms with Crippen LogP contribution in [0.25, 0.3) is 6.08 Å². The lowest BCUT2D eigenvalue weighted by atomic mass is 10.1. The van der Waals surface area contributed by atoms with E-state index in [0.717, 1.165) is 16.1 Å². The van der Waals surface area contributed by atoms with Crippen molar-refractivity contribution in [3.8, 4) is 0 Å². The Morgan fingerprint density at radius 3 is 2.23 bits per heavy atom. The lowest BCUT2D eigenvalue weighted by Gasteiger charge is -2.14. The van der Waals surface area contributed by atoms with Crippen LogP contribution in [0.5, 0.6) is 0 Å². The van der Waals surface area contributed by atoms with Gasteiger partial charge >= 0.3 is 0 Å². The zero-order chi connectivity index (χ0) is 28.5. The molecule has 1 atom stereocenters. The van der Waals surface area contributed by atoms with Crippen molar-refractivity contribution in [2.75, 3.05) is 10.6 Å². The minimum absolute atomic E-state index is 0.0332. The molecule has 0 fully saturated rings. The molecule has 3 amide bonds. The summed E-state index contributed by atoms with van der Waals surface area (Å²) in [5.74, 6) is -1.07. The molecule has 0 aliphatic rings. The van der Waals surface area contributed by atoms with E-state index >= 15 is 0 Å². The second-order valence-corrected chi connectivity index (χ2v) is 10.8. The van der Waals surface area contributed by atoms with Crippen molar-refractivity contribution >= 4 is 58.5 Å². The van der Waals surface area contributed by atoms with Crippen LogP contribution < -0.4 is 16.0 Å². The second kappa shape index (κ2) is 13.6. The fourth-order valence-corrected chi connectivity index (χ4v) is 4.79. The summed E-state index contributed by atoms with van der Waals surface area (Å²) in [4.78, 5) is 39.7. The van der Waals surface area contributed by atoms with E-state index in [1.807, 2.05) is 50.2 Å². The first kappa shape index (κ1) is 28.7. The molecule has 4 rings (SSSR count). The van der Waals surface area contributed by atoms with Crippen LogP contribution in [0.1, 0.15) is 28.4 Å². The fourth-order valence-electron chi connectivity index (χ4n) is 3.67. The zero-order valence-electron chi connectivity index (χ0n) is 22.0. The number of halogens is 1. The number of hydrogen-bond donors (Lipinski definition) is 3. The number of aryl methyl sites for hydroxylation is 1. The van der Waals surface area contributed by atoms with Gasteiger partial charge in [0.25, 0.3) is 11.8 Å². The number of hydrogen-bond acceptors (Lipinski definition) is 4. The summed E-state index contributed by atoms with van der Waals surface area (Å²) in [6.07, 6.45) is 1.54. The minimum Gasteiger partial charge on any atom is -0.325 e. The number of nitrogens with one attached hydrogen (secondary N) is 3. The van der Waals surface area contributed by atoms with E-state index < -0.39 is 11.8 Å². The van der Waals surface area contributed by atoms with Crippen LogP contribution in [0.2, 0.25) is 5.02 Å². The number of benzene rings is 4. The topological polar surface area (TPSA) is 87.3 Å². The average Bonchev–Trinajstić information content (AvgIpc) is 2.95. The van der Waals surface area contributed by atoms with Crippen molar-refractivity contribution in [3.05, 3.63) is 131 Å². The smallest absolute Gasteiger partial charge is 0.272 e. The van der Waals surface area contributed by atoms with Crippen LogP contribution in [-0.4, -0.2) is 23.0 Å². The number of amides is 3. The maximum atomic E-state index is 13.4. The fraction of sp³-hybridized carbons (Fsp3) is 0.0938. The molecule has 0 aromatic heterocycles. The van der Waals surface area contributed by atoms with Crippen LogP contribution in [-0.2, 0) is 9.59 Å². The number of carbonyl (C=O) groups excluding carboxylic acids is 3. The molecule has 6 nitrogen and oxygen atoms in total. The third kappa shape index (κ3) is 8.09. The quantitative estimate of drug-likeness (QED) is 0.147. The normalized spacial score (nSPS) is 11.8. The number of rotatable bonds is 9. The molecule has 0 saturated carbocycles. The van der Waals surface area contributed by atoms with Crippen LogP contribution in [0.4, 0.5) is 11.4 Å². The number of carbonyl (C=O) groups is 3. The zero-order valence-corrected chi connectivity index (χ0v) is 23.6. The maximum absolute atomic E-state index is 13.4. The Labute approximate surface area is 242 Å². The SMILES string of the molecule is Cc1ccc(NC(=O)C(C)Sc2cccc(NC(=O)/C(=C\c3ccccc3Cl)NC(=O)c3ccccc3)c2)cc1. The summed E-state index contributed by atoms with van der Waals surface area (Å²) in [5, 5.41) is 8.54. The molecule has 0 aliphatic heterocycles. The summed E-state index contributed by atoms with van der Waals surface area (Å²) in [6.45, 7) is 3.81. The molecule has 0 bridgehead atoms. The van der Waals surface area contributed by atoms with Crippen LogP contribution in [0.15, 0.2) is 114 Å². The molecule has 40 heavy (non-hydrogen) atoms. The van der Waals surface area contributed by atoms with Gasteiger partial charge in [-0.05, 0) is 74.0 Å². The van der Waals surface area contributed by atoms with Gasteiger partial charge in [-0.1, -0.05) is 71.8 Å². The lowest BCUT2D eigenvalue weighted by Crippen LogP contribution is -2.30. The molecule has 0 aliphatic carbocycles. The lowest BCUT2D eigenvalue weighted by molar-refractivity contribution is -0.115. The van der Waals surface area contributed by atoms with E-state index in [9.17, 15) is 14.4 Å². The second-order valence-electron chi connectivity index (χ2n) is 9.00. The first-order valence-corrected chi connectivity index (χ1v) is 13.8. The Bertz CT molecular complexity index is 1540. The standard InChI is InChI=1S/C32H28ClN3O3S/c1-21-15-17-25(18-16-21)34-30(37)22(2)40-27-13-8-12-26(20-27)35-32(39)29(19-24-11-6-7-14-28(24)33)36-31(38)23-9-4-3-5-10-23/h3-20,22H,1-2H3,(H,34,37)(H,35,39)(H,36,38)/b29-19+. The van der Waals surface area contributed by atoms with Crippen molar-refractivity contribution in [3.63, 3.8) is 0 Å². The Morgan fingerprint density at radius 2 is 1.50 bits per heavy atom. The maximum Gasteiger partial charge on any atom is 0.272 e. The Kier molecular flexibility index (Phi) is 9.78.